The number of methoxy groups -OCH3 is 1. The summed E-state index contributed by atoms with van der Waals surface area (Å²) in [5, 5.41) is 10.9. The number of carbonyl (C=O) groups is 1. The van der Waals surface area contributed by atoms with Crippen LogP contribution in [0, 0.1) is 0 Å². The fraction of sp³-hybridized carbons (Fsp3) is 0.714. The van der Waals surface area contributed by atoms with E-state index in [9.17, 15) is 4.79 Å². The van der Waals surface area contributed by atoms with Crippen molar-refractivity contribution in [3.05, 3.63) is 18.0 Å². The molecule has 1 aromatic heterocycles. The van der Waals surface area contributed by atoms with Gasteiger partial charge in [-0.1, -0.05) is 6.92 Å². The van der Waals surface area contributed by atoms with Gasteiger partial charge in [0.2, 0.25) is 5.91 Å². The van der Waals surface area contributed by atoms with Crippen molar-refractivity contribution in [1.29, 1.82) is 0 Å². The lowest BCUT2D eigenvalue weighted by Crippen LogP contribution is -2.52. The number of rotatable bonds is 6. The Bertz CT molecular complexity index is 446. The molecule has 0 saturated carbocycles. The number of aromatic nitrogens is 2. The van der Waals surface area contributed by atoms with E-state index in [-0.39, 0.29) is 18.0 Å². The lowest BCUT2D eigenvalue weighted by Gasteiger charge is -2.35. The number of hydrogen-bond donors (Lipinski definition) is 2. The van der Waals surface area contributed by atoms with Gasteiger partial charge in [-0.2, -0.15) is 5.10 Å². The van der Waals surface area contributed by atoms with Crippen molar-refractivity contribution in [3.63, 3.8) is 0 Å². The van der Waals surface area contributed by atoms with Crippen LogP contribution in [0.3, 0.4) is 0 Å². The topological polar surface area (TPSA) is 68.2 Å². The molecule has 0 unspecified atom stereocenters. The molecule has 1 aliphatic heterocycles. The third kappa shape index (κ3) is 3.37. The Morgan fingerprint density at radius 3 is 3.05 bits per heavy atom. The van der Waals surface area contributed by atoms with Crippen LogP contribution in [0.25, 0.3) is 0 Å². The minimum atomic E-state index is -0.0327. The summed E-state index contributed by atoms with van der Waals surface area (Å²) in [6.07, 6.45) is 4.16. The molecule has 1 aliphatic rings. The van der Waals surface area contributed by atoms with Gasteiger partial charge in [0, 0.05) is 38.9 Å². The average Bonchev–Trinajstić information content (AvgIpc) is 2.86. The van der Waals surface area contributed by atoms with E-state index in [2.05, 4.69) is 22.7 Å². The van der Waals surface area contributed by atoms with E-state index in [0.29, 0.717) is 19.1 Å². The normalized spacial score (nSPS) is 24.4. The number of carbonyl (C=O) groups excluding carboxylic acids is 1. The summed E-state index contributed by atoms with van der Waals surface area (Å²) >= 11 is 0. The van der Waals surface area contributed by atoms with Crippen molar-refractivity contribution in [1.82, 2.24) is 20.4 Å². The summed E-state index contributed by atoms with van der Waals surface area (Å²) in [4.78, 5) is 11.7. The first-order chi connectivity index (χ1) is 9.65. The molecule has 0 aliphatic carbocycles. The molecule has 0 aromatic carbocycles. The van der Waals surface area contributed by atoms with E-state index >= 15 is 0 Å². The van der Waals surface area contributed by atoms with Gasteiger partial charge in [0.25, 0.3) is 0 Å². The van der Waals surface area contributed by atoms with Crippen LogP contribution in [0.4, 0.5) is 0 Å². The molecule has 1 aromatic rings. The summed E-state index contributed by atoms with van der Waals surface area (Å²) in [6.45, 7) is 2.82. The summed E-state index contributed by atoms with van der Waals surface area (Å²) in [5.41, 5.74) is 1.03. The molecule has 0 radical (unpaired) electrons. The highest BCUT2D eigenvalue weighted by Crippen LogP contribution is 2.24. The van der Waals surface area contributed by atoms with E-state index in [1.807, 2.05) is 17.8 Å². The fourth-order valence-electron chi connectivity index (χ4n) is 2.74. The Balaban J connectivity index is 2.12. The Hall–Kier alpha value is -1.40. The van der Waals surface area contributed by atoms with Gasteiger partial charge in [-0.15, -0.1) is 0 Å². The summed E-state index contributed by atoms with van der Waals surface area (Å²) < 4.78 is 7.06. The Morgan fingerprint density at radius 2 is 2.45 bits per heavy atom. The second-order valence-corrected chi connectivity index (χ2v) is 5.30. The lowest BCUT2D eigenvalue weighted by molar-refractivity contribution is -0.124. The molecule has 2 N–H and O–H groups in total. The molecule has 2 heterocycles. The fourth-order valence-corrected chi connectivity index (χ4v) is 2.74. The molecular formula is C14H24N4O2. The quantitative estimate of drug-likeness (QED) is 0.807. The van der Waals surface area contributed by atoms with Crippen molar-refractivity contribution in [2.24, 2.45) is 7.05 Å². The van der Waals surface area contributed by atoms with Crippen LogP contribution in [0.5, 0.6) is 0 Å². The Labute approximate surface area is 119 Å². The standard InChI is InChI=1S/C14H24N4O2/c1-4-10(9-20-3)16-11-5-6-13(19)17-14(11)12-7-8-15-18(12)2/h7-8,10-11,14,16H,4-6,9H2,1-3H3,(H,17,19)/t10-,11+,14+/m0/s1. The minimum absolute atomic E-state index is 0.0327. The van der Waals surface area contributed by atoms with Crippen molar-refractivity contribution in [2.45, 2.75) is 44.3 Å². The van der Waals surface area contributed by atoms with Gasteiger partial charge in [-0.3, -0.25) is 9.48 Å². The zero-order chi connectivity index (χ0) is 14.5. The highest BCUT2D eigenvalue weighted by Gasteiger charge is 2.32. The lowest BCUT2D eigenvalue weighted by atomic mass is 9.94. The van der Waals surface area contributed by atoms with Gasteiger partial charge in [-0.25, -0.2) is 0 Å². The third-order valence-electron chi connectivity index (χ3n) is 3.89. The first-order valence-corrected chi connectivity index (χ1v) is 7.18. The van der Waals surface area contributed by atoms with E-state index in [1.165, 1.54) is 0 Å². The monoisotopic (exact) mass is 280 g/mol. The third-order valence-corrected chi connectivity index (χ3v) is 3.89. The molecule has 1 amide bonds. The Morgan fingerprint density at radius 1 is 1.65 bits per heavy atom. The average molecular weight is 280 g/mol. The highest BCUT2D eigenvalue weighted by molar-refractivity contribution is 5.77. The van der Waals surface area contributed by atoms with Crippen molar-refractivity contribution in [2.75, 3.05) is 13.7 Å². The molecule has 3 atom stereocenters. The van der Waals surface area contributed by atoms with E-state index < -0.39 is 0 Å². The van der Waals surface area contributed by atoms with Crippen LogP contribution in [0.2, 0.25) is 0 Å². The predicted octanol–water partition coefficient (Wildman–Crippen LogP) is 0.754. The molecule has 1 saturated heterocycles. The number of aryl methyl sites for hydroxylation is 1. The zero-order valence-electron chi connectivity index (χ0n) is 12.4. The number of nitrogens with one attached hydrogen (secondary N) is 2. The summed E-state index contributed by atoms with van der Waals surface area (Å²) in [5.74, 6) is 0.106. The molecule has 0 spiro atoms. The van der Waals surface area contributed by atoms with Gasteiger partial charge in [0.05, 0.1) is 18.3 Å². The zero-order valence-corrected chi connectivity index (χ0v) is 12.4. The van der Waals surface area contributed by atoms with Gasteiger partial charge in [0.15, 0.2) is 0 Å². The molecule has 112 valence electrons. The van der Waals surface area contributed by atoms with Crippen LogP contribution in [-0.4, -0.2) is 41.5 Å². The molecular weight excluding hydrogens is 256 g/mol. The van der Waals surface area contributed by atoms with Gasteiger partial charge < -0.3 is 15.4 Å². The number of hydrogen-bond acceptors (Lipinski definition) is 4. The summed E-state index contributed by atoms with van der Waals surface area (Å²) in [7, 11) is 3.62. The van der Waals surface area contributed by atoms with Crippen molar-refractivity contribution in [3.8, 4) is 0 Å². The van der Waals surface area contributed by atoms with Crippen LogP contribution >= 0.6 is 0 Å². The maximum Gasteiger partial charge on any atom is 0.220 e. The summed E-state index contributed by atoms with van der Waals surface area (Å²) in [6, 6.07) is 2.44. The maximum absolute atomic E-state index is 11.7. The molecule has 6 heteroatoms. The van der Waals surface area contributed by atoms with E-state index in [4.69, 9.17) is 4.74 Å². The molecule has 20 heavy (non-hydrogen) atoms. The second-order valence-electron chi connectivity index (χ2n) is 5.30. The number of piperidine rings is 1. The van der Waals surface area contributed by atoms with Gasteiger partial charge in [-0.05, 0) is 18.9 Å². The molecule has 0 bridgehead atoms. The minimum Gasteiger partial charge on any atom is -0.383 e. The highest BCUT2D eigenvalue weighted by atomic mass is 16.5. The van der Waals surface area contributed by atoms with Crippen molar-refractivity contribution < 1.29 is 9.53 Å². The number of nitrogens with zero attached hydrogens (tertiary/aromatic N) is 2. The molecule has 2 rings (SSSR count). The first kappa shape index (κ1) is 15.0. The second kappa shape index (κ2) is 6.85. The van der Waals surface area contributed by atoms with Crippen LogP contribution in [-0.2, 0) is 16.6 Å². The largest absolute Gasteiger partial charge is 0.383 e. The number of amides is 1. The number of ether oxygens (including phenoxy) is 1. The maximum atomic E-state index is 11.7. The van der Waals surface area contributed by atoms with Gasteiger partial charge in [0.1, 0.15) is 0 Å². The molecule has 6 nitrogen and oxygen atoms in total. The van der Waals surface area contributed by atoms with Crippen LogP contribution in [0.1, 0.15) is 37.9 Å². The van der Waals surface area contributed by atoms with Crippen LogP contribution < -0.4 is 10.6 Å². The van der Waals surface area contributed by atoms with Crippen LogP contribution in [0.15, 0.2) is 12.3 Å². The van der Waals surface area contributed by atoms with E-state index in [1.54, 1.807) is 13.3 Å². The first-order valence-electron chi connectivity index (χ1n) is 7.18. The van der Waals surface area contributed by atoms with E-state index in [0.717, 1.165) is 18.5 Å². The SMILES string of the molecule is CC[C@@H](COC)N[C@@H]1CCC(=O)N[C@H]1c1ccnn1C. The Kier molecular flexibility index (Phi) is 5.14. The predicted molar refractivity (Wildman–Crippen MR) is 76.2 cm³/mol. The van der Waals surface area contributed by atoms with Gasteiger partial charge >= 0.3 is 0 Å². The smallest absolute Gasteiger partial charge is 0.220 e. The molecule has 1 fully saturated rings. The van der Waals surface area contributed by atoms with Crippen molar-refractivity contribution >= 4 is 5.91 Å².